The first kappa shape index (κ1) is 16.5. The zero-order valence-corrected chi connectivity index (χ0v) is 13.6. The van der Waals surface area contributed by atoms with Crippen LogP contribution in [0.2, 0.25) is 0 Å². The molecule has 1 saturated heterocycles. The van der Waals surface area contributed by atoms with Crippen molar-refractivity contribution in [3.63, 3.8) is 0 Å². The van der Waals surface area contributed by atoms with E-state index in [9.17, 15) is 8.42 Å². The maximum atomic E-state index is 12.6. The summed E-state index contributed by atoms with van der Waals surface area (Å²) in [6.07, 6.45) is 5.14. The minimum atomic E-state index is -3.33. The van der Waals surface area contributed by atoms with Gasteiger partial charge in [-0.2, -0.15) is 4.31 Å². The van der Waals surface area contributed by atoms with Crippen LogP contribution in [0, 0.1) is 5.92 Å². The Kier molecular flexibility index (Phi) is 5.79. The summed E-state index contributed by atoms with van der Waals surface area (Å²) in [5, 5.41) is 0. The van der Waals surface area contributed by atoms with Crippen LogP contribution >= 0.6 is 0 Å². The second-order valence-corrected chi connectivity index (χ2v) is 7.76. The molecule has 21 heavy (non-hydrogen) atoms. The van der Waals surface area contributed by atoms with E-state index in [2.05, 4.69) is 6.92 Å². The molecule has 0 aliphatic carbocycles. The molecule has 0 amide bonds. The summed E-state index contributed by atoms with van der Waals surface area (Å²) in [6.45, 7) is 4.07. The van der Waals surface area contributed by atoms with Crippen LogP contribution in [0.15, 0.2) is 29.2 Å². The fourth-order valence-electron chi connectivity index (χ4n) is 2.99. The summed E-state index contributed by atoms with van der Waals surface area (Å²) < 4.78 is 26.9. The standard InChI is InChI=1S/C16H26N2O2S/c1-2-3-14-9-12-18(13-10-14)21(19,20)16-6-4-15(5-7-16)8-11-17/h4-7,14H,2-3,8-13,17H2,1H3. The third-order valence-corrected chi connectivity index (χ3v) is 6.18. The van der Waals surface area contributed by atoms with Crippen molar-refractivity contribution in [3.8, 4) is 0 Å². The number of piperidine rings is 1. The number of benzene rings is 1. The third-order valence-electron chi connectivity index (χ3n) is 4.26. The van der Waals surface area contributed by atoms with Gasteiger partial charge >= 0.3 is 0 Å². The molecular weight excluding hydrogens is 284 g/mol. The molecule has 0 bridgehead atoms. The number of hydrogen-bond acceptors (Lipinski definition) is 3. The Morgan fingerprint density at radius 1 is 1.19 bits per heavy atom. The molecule has 0 atom stereocenters. The lowest BCUT2D eigenvalue weighted by molar-refractivity contribution is 0.262. The minimum Gasteiger partial charge on any atom is -0.330 e. The van der Waals surface area contributed by atoms with E-state index in [1.165, 1.54) is 12.8 Å². The molecule has 4 nitrogen and oxygen atoms in total. The lowest BCUT2D eigenvalue weighted by Gasteiger charge is -2.31. The predicted octanol–water partition coefficient (Wildman–Crippen LogP) is 2.39. The van der Waals surface area contributed by atoms with Crippen molar-refractivity contribution in [2.24, 2.45) is 11.7 Å². The molecule has 1 aliphatic rings. The molecule has 1 fully saturated rings. The number of nitrogens with two attached hydrogens (primary N) is 1. The highest BCUT2D eigenvalue weighted by atomic mass is 32.2. The highest BCUT2D eigenvalue weighted by Crippen LogP contribution is 2.26. The van der Waals surface area contributed by atoms with Gasteiger partial charge in [0.25, 0.3) is 0 Å². The van der Waals surface area contributed by atoms with E-state index in [1.54, 1.807) is 16.4 Å². The van der Waals surface area contributed by atoms with Gasteiger partial charge in [-0.3, -0.25) is 0 Å². The van der Waals surface area contributed by atoms with E-state index in [0.717, 1.165) is 24.8 Å². The minimum absolute atomic E-state index is 0.400. The van der Waals surface area contributed by atoms with E-state index in [-0.39, 0.29) is 0 Å². The Balaban J connectivity index is 2.04. The van der Waals surface area contributed by atoms with Crippen LogP contribution < -0.4 is 5.73 Å². The first-order valence-corrected chi connectivity index (χ1v) is 9.31. The van der Waals surface area contributed by atoms with E-state index in [4.69, 9.17) is 5.73 Å². The van der Waals surface area contributed by atoms with Crippen molar-refractivity contribution in [2.45, 2.75) is 43.9 Å². The third kappa shape index (κ3) is 4.05. The first-order chi connectivity index (χ1) is 10.1. The largest absolute Gasteiger partial charge is 0.330 e. The van der Waals surface area contributed by atoms with E-state index < -0.39 is 10.0 Å². The molecule has 0 saturated carbocycles. The quantitative estimate of drug-likeness (QED) is 0.877. The van der Waals surface area contributed by atoms with E-state index >= 15 is 0 Å². The van der Waals surface area contributed by atoms with Gasteiger partial charge in [0.05, 0.1) is 4.90 Å². The van der Waals surface area contributed by atoms with Gasteiger partial charge in [-0.1, -0.05) is 31.9 Å². The van der Waals surface area contributed by atoms with Gasteiger partial charge in [-0.15, -0.1) is 0 Å². The molecule has 0 radical (unpaired) electrons. The van der Waals surface area contributed by atoms with Gasteiger partial charge in [-0.25, -0.2) is 8.42 Å². The van der Waals surface area contributed by atoms with Gasteiger partial charge in [-0.05, 0) is 49.4 Å². The van der Waals surface area contributed by atoms with Crippen LogP contribution in [0.3, 0.4) is 0 Å². The number of rotatable bonds is 6. The summed E-state index contributed by atoms with van der Waals surface area (Å²) in [6, 6.07) is 7.14. The molecule has 1 aliphatic heterocycles. The molecule has 1 aromatic carbocycles. The lowest BCUT2D eigenvalue weighted by Crippen LogP contribution is -2.38. The van der Waals surface area contributed by atoms with Crippen molar-refractivity contribution in [1.29, 1.82) is 0 Å². The molecule has 0 spiro atoms. The second-order valence-electron chi connectivity index (χ2n) is 5.82. The molecule has 118 valence electrons. The smallest absolute Gasteiger partial charge is 0.243 e. The average molecular weight is 310 g/mol. The summed E-state index contributed by atoms with van der Waals surface area (Å²) in [7, 11) is -3.33. The van der Waals surface area contributed by atoms with Crippen LogP contribution in [-0.2, 0) is 16.4 Å². The molecular formula is C16H26N2O2S. The molecule has 1 aromatic rings. The molecule has 2 rings (SSSR count). The molecule has 0 unspecified atom stereocenters. The van der Waals surface area contributed by atoms with Gasteiger partial charge in [0.15, 0.2) is 0 Å². The Labute approximate surface area is 128 Å². The monoisotopic (exact) mass is 310 g/mol. The predicted molar refractivity (Wildman–Crippen MR) is 85.6 cm³/mol. The fourth-order valence-corrected chi connectivity index (χ4v) is 4.46. The SMILES string of the molecule is CCCC1CCN(S(=O)(=O)c2ccc(CCN)cc2)CC1. The van der Waals surface area contributed by atoms with E-state index in [0.29, 0.717) is 30.4 Å². The zero-order chi connectivity index (χ0) is 15.3. The van der Waals surface area contributed by atoms with Gasteiger partial charge in [0.1, 0.15) is 0 Å². The summed E-state index contributed by atoms with van der Waals surface area (Å²) in [4.78, 5) is 0.400. The summed E-state index contributed by atoms with van der Waals surface area (Å²) in [5.74, 6) is 0.688. The molecule has 5 heteroatoms. The van der Waals surface area contributed by atoms with Crippen LogP contribution in [0.4, 0.5) is 0 Å². The highest BCUT2D eigenvalue weighted by molar-refractivity contribution is 7.89. The first-order valence-electron chi connectivity index (χ1n) is 7.87. The fraction of sp³-hybridized carbons (Fsp3) is 0.625. The van der Waals surface area contributed by atoms with Crippen molar-refractivity contribution in [2.75, 3.05) is 19.6 Å². The van der Waals surface area contributed by atoms with Crippen LogP contribution in [0.1, 0.15) is 38.2 Å². The average Bonchev–Trinajstić information content (AvgIpc) is 2.49. The van der Waals surface area contributed by atoms with Crippen molar-refractivity contribution >= 4 is 10.0 Å². The highest BCUT2D eigenvalue weighted by Gasteiger charge is 2.28. The van der Waals surface area contributed by atoms with Crippen molar-refractivity contribution in [3.05, 3.63) is 29.8 Å². The summed E-state index contributed by atoms with van der Waals surface area (Å²) in [5.41, 5.74) is 6.59. The Morgan fingerprint density at radius 3 is 2.33 bits per heavy atom. The van der Waals surface area contributed by atoms with Crippen molar-refractivity contribution < 1.29 is 8.42 Å². The zero-order valence-electron chi connectivity index (χ0n) is 12.8. The van der Waals surface area contributed by atoms with Crippen LogP contribution in [0.25, 0.3) is 0 Å². The second kappa shape index (κ2) is 7.38. The Hall–Kier alpha value is -0.910. The normalized spacial score (nSPS) is 18.0. The lowest BCUT2D eigenvalue weighted by atomic mass is 9.94. The van der Waals surface area contributed by atoms with Crippen LogP contribution in [0.5, 0.6) is 0 Å². The van der Waals surface area contributed by atoms with Crippen molar-refractivity contribution in [1.82, 2.24) is 4.31 Å². The number of hydrogen-bond donors (Lipinski definition) is 1. The number of sulfonamides is 1. The number of nitrogens with zero attached hydrogens (tertiary/aromatic N) is 1. The summed E-state index contributed by atoms with van der Waals surface area (Å²) >= 11 is 0. The maximum Gasteiger partial charge on any atom is 0.243 e. The Morgan fingerprint density at radius 2 is 1.81 bits per heavy atom. The Bertz CT molecular complexity index is 532. The topological polar surface area (TPSA) is 63.4 Å². The van der Waals surface area contributed by atoms with Gasteiger partial charge in [0.2, 0.25) is 10.0 Å². The molecule has 2 N–H and O–H groups in total. The molecule has 0 aromatic heterocycles. The van der Waals surface area contributed by atoms with E-state index in [1.807, 2.05) is 12.1 Å². The molecule has 1 heterocycles. The van der Waals surface area contributed by atoms with Gasteiger partial charge < -0.3 is 5.73 Å². The maximum absolute atomic E-state index is 12.6. The van der Waals surface area contributed by atoms with Gasteiger partial charge in [0, 0.05) is 13.1 Å². The van der Waals surface area contributed by atoms with Crippen LogP contribution in [-0.4, -0.2) is 32.4 Å².